The lowest BCUT2D eigenvalue weighted by molar-refractivity contribution is -0.267. The van der Waals surface area contributed by atoms with Crippen molar-refractivity contribution in [1.29, 1.82) is 0 Å². The summed E-state index contributed by atoms with van der Waals surface area (Å²) in [5.74, 6) is -8.14. The fraction of sp³-hybridized carbons (Fsp3) is 0.222. The zero-order valence-electron chi connectivity index (χ0n) is 9.21. The summed E-state index contributed by atoms with van der Waals surface area (Å²) in [5.41, 5.74) is -0.442. The second kappa shape index (κ2) is 5.17. The molecule has 20 heavy (non-hydrogen) atoms. The number of alkyl halides is 5. The lowest BCUT2D eigenvalue weighted by atomic mass is 10.2. The van der Waals surface area contributed by atoms with Gasteiger partial charge in [-0.25, -0.2) is 8.42 Å². The van der Waals surface area contributed by atoms with E-state index in [1.807, 2.05) is 0 Å². The predicted molar refractivity (Wildman–Crippen MR) is 59.1 cm³/mol. The van der Waals surface area contributed by atoms with Crippen LogP contribution in [0.25, 0.3) is 0 Å². The van der Waals surface area contributed by atoms with E-state index in [-0.39, 0.29) is 0 Å². The van der Waals surface area contributed by atoms with E-state index in [9.17, 15) is 35.2 Å². The molecule has 0 aliphatic carbocycles. The van der Waals surface area contributed by atoms with E-state index in [0.29, 0.717) is 0 Å². The zero-order chi connectivity index (χ0) is 15.8. The maximum Gasteiger partial charge on any atom is 0.463 e. The van der Waals surface area contributed by atoms with Gasteiger partial charge < -0.3 is 5.32 Å². The number of rotatable bonds is 3. The molecule has 0 bridgehead atoms. The van der Waals surface area contributed by atoms with Crippen LogP contribution in [0, 0.1) is 0 Å². The fourth-order valence-electron chi connectivity index (χ4n) is 1.04. The van der Waals surface area contributed by atoms with Gasteiger partial charge in [-0.15, -0.1) is 0 Å². The Hall–Kier alpha value is -1.42. The molecule has 0 radical (unpaired) electrons. The zero-order valence-corrected chi connectivity index (χ0v) is 10.8. The molecule has 112 valence electrons. The van der Waals surface area contributed by atoms with Crippen molar-refractivity contribution in [2.24, 2.45) is 0 Å². The number of nitrogens with one attached hydrogen (secondary N) is 1. The molecule has 0 aliphatic heterocycles. The van der Waals surface area contributed by atoms with Crippen molar-refractivity contribution in [1.82, 2.24) is 0 Å². The van der Waals surface area contributed by atoms with Crippen LogP contribution >= 0.6 is 10.7 Å². The largest absolute Gasteiger partial charge is 0.463 e. The molecule has 0 saturated carbocycles. The molecule has 0 saturated heterocycles. The fourth-order valence-corrected chi connectivity index (χ4v) is 1.81. The minimum absolute atomic E-state index is 0.403. The summed E-state index contributed by atoms with van der Waals surface area (Å²) < 4.78 is 82.7. The molecule has 11 heteroatoms. The summed E-state index contributed by atoms with van der Waals surface area (Å²) in [5, 5.41) is 1.32. The molecular formula is C9H5ClF5NO3S. The van der Waals surface area contributed by atoms with Crippen molar-refractivity contribution in [2.45, 2.75) is 17.0 Å². The van der Waals surface area contributed by atoms with Crippen LogP contribution in [0.1, 0.15) is 0 Å². The van der Waals surface area contributed by atoms with Gasteiger partial charge in [0.1, 0.15) is 0 Å². The van der Waals surface area contributed by atoms with Gasteiger partial charge in [-0.2, -0.15) is 22.0 Å². The van der Waals surface area contributed by atoms with E-state index < -0.39 is 37.6 Å². The first-order valence-electron chi connectivity index (χ1n) is 4.66. The summed E-state index contributed by atoms with van der Waals surface area (Å²) in [4.78, 5) is 10.4. The molecule has 0 fully saturated rings. The SMILES string of the molecule is O=C(Nc1ccc(S(=O)(=O)Cl)cc1)C(F)(F)C(F)(F)F. The molecule has 4 nitrogen and oxygen atoms in total. The molecule has 1 aromatic rings. The number of hydrogen-bond donors (Lipinski definition) is 1. The van der Waals surface area contributed by atoms with E-state index in [4.69, 9.17) is 10.7 Å². The molecular weight excluding hydrogens is 333 g/mol. The van der Waals surface area contributed by atoms with E-state index in [0.717, 1.165) is 24.3 Å². The first-order valence-corrected chi connectivity index (χ1v) is 6.97. The van der Waals surface area contributed by atoms with Crippen LogP contribution in [0.2, 0.25) is 0 Å². The van der Waals surface area contributed by atoms with Gasteiger partial charge in [-0.1, -0.05) is 0 Å². The Morgan fingerprint density at radius 2 is 1.50 bits per heavy atom. The van der Waals surface area contributed by atoms with Crippen LogP contribution in [0.5, 0.6) is 0 Å². The highest BCUT2D eigenvalue weighted by molar-refractivity contribution is 8.13. The van der Waals surface area contributed by atoms with Gasteiger partial charge >= 0.3 is 18.0 Å². The number of benzene rings is 1. The molecule has 1 aromatic carbocycles. The van der Waals surface area contributed by atoms with E-state index >= 15 is 0 Å². The highest BCUT2D eigenvalue weighted by atomic mass is 35.7. The predicted octanol–water partition coefficient (Wildman–Crippen LogP) is 2.75. The van der Waals surface area contributed by atoms with Crippen LogP contribution in [0.3, 0.4) is 0 Å². The third-order valence-electron chi connectivity index (χ3n) is 2.03. The first kappa shape index (κ1) is 16.6. The smallest absolute Gasteiger partial charge is 0.321 e. The monoisotopic (exact) mass is 337 g/mol. The molecule has 0 spiro atoms. The highest BCUT2D eigenvalue weighted by Crippen LogP contribution is 2.36. The number of anilines is 1. The Kier molecular flexibility index (Phi) is 4.30. The Labute approximate surface area is 113 Å². The minimum atomic E-state index is -6.03. The quantitative estimate of drug-likeness (QED) is 0.681. The van der Waals surface area contributed by atoms with Gasteiger partial charge in [0.05, 0.1) is 4.90 Å². The molecule has 0 atom stereocenters. The Balaban J connectivity index is 2.93. The lowest BCUT2D eigenvalue weighted by Crippen LogP contribution is -2.47. The van der Waals surface area contributed by atoms with Gasteiger partial charge in [-0.05, 0) is 24.3 Å². The van der Waals surface area contributed by atoms with Crippen molar-refractivity contribution < 1.29 is 35.2 Å². The molecule has 1 N–H and O–H groups in total. The summed E-state index contributed by atoms with van der Waals surface area (Å²) in [6, 6.07) is 3.31. The van der Waals surface area contributed by atoms with Crippen molar-refractivity contribution in [3.05, 3.63) is 24.3 Å². The maximum absolute atomic E-state index is 12.6. The second-order valence-electron chi connectivity index (χ2n) is 3.49. The Bertz CT molecular complexity index is 611. The topological polar surface area (TPSA) is 63.2 Å². The number of amides is 1. The number of carbonyl (C=O) groups is 1. The van der Waals surface area contributed by atoms with Crippen molar-refractivity contribution in [2.75, 3.05) is 5.32 Å². The highest BCUT2D eigenvalue weighted by Gasteiger charge is 2.63. The normalized spacial score (nSPS) is 13.1. The summed E-state index contributed by atoms with van der Waals surface area (Å²) in [6.45, 7) is 0. The van der Waals surface area contributed by atoms with Gasteiger partial charge in [0.15, 0.2) is 0 Å². The first-order chi connectivity index (χ1) is 8.85. The van der Waals surface area contributed by atoms with E-state index in [1.165, 1.54) is 5.32 Å². The number of hydrogen-bond acceptors (Lipinski definition) is 3. The maximum atomic E-state index is 12.6. The second-order valence-corrected chi connectivity index (χ2v) is 6.05. The molecule has 0 aromatic heterocycles. The summed E-state index contributed by atoms with van der Waals surface area (Å²) in [6.07, 6.45) is -6.03. The van der Waals surface area contributed by atoms with Gasteiger partial charge in [-0.3, -0.25) is 4.79 Å². The van der Waals surface area contributed by atoms with Crippen LogP contribution in [-0.2, 0) is 13.8 Å². The Morgan fingerprint density at radius 3 is 1.85 bits per heavy atom. The molecule has 1 amide bonds. The van der Waals surface area contributed by atoms with Crippen molar-refractivity contribution in [3.8, 4) is 0 Å². The molecule has 0 unspecified atom stereocenters. The van der Waals surface area contributed by atoms with Crippen LogP contribution in [-0.4, -0.2) is 26.4 Å². The van der Waals surface area contributed by atoms with E-state index in [2.05, 4.69) is 0 Å². The average Bonchev–Trinajstić information content (AvgIpc) is 2.26. The standard InChI is InChI=1S/C9H5ClF5NO3S/c10-20(18,19)6-3-1-5(2-4-6)16-7(17)8(11,12)9(13,14)15/h1-4H,(H,16,17). The van der Waals surface area contributed by atoms with Crippen molar-refractivity contribution in [3.63, 3.8) is 0 Å². The van der Waals surface area contributed by atoms with Gasteiger partial charge in [0.25, 0.3) is 9.05 Å². The lowest BCUT2D eigenvalue weighted by Gasteiger charge is -2.18. The average molecular weight is 338 g/mol. The number of carbonyl (C=O) groups excluding carboxylic acids is 1. The Morgan fingerprint density at radius 1 is 1.05 bits per heavy atom. The van der Waals surface area contributed by atoms with Gasteiger partial charge in [0, 0.05) is 16.4 Å². The van der Waals surface area contributed by atoms with Crippen molar-refractivity contribution >= 4 is 31.3 Å². The van der Waals surface area contributed by atoms with Crippen LogP contribution < -0.4 is 5.32 Å². The van der Waals surface area contributed by atoms with Crippen LogP contribution in [0.4, 0.5) is 27.6 Å². The van der Waals surface area contributed by atoms with E-state index in [1.54, 1.807) is 0 Å². The van der Waals surface area contributed by atoms with Crippen LogP contribution in [0.15, 0.2) is 29.2 Å². The number of halogens is 6. The third kappa shape index (κ3) is 3.57. The van der Waals surface area contributed by atoms with Gasteiger partial charge in [0.2, 0.25) is 0 Å². The third-order valence-corrected chi connectivity index (χ3v) is 3.40. The molecule has 0 aliphatic rings. The molecule has 1 rings (SSSR count). The summed E-state index contributed by atoms with van der Waals surface area (Å²) in [7, 11) is 0.897. The minimum Gasteiger partial charge on any atom is -0.321 e. The molecule has 0 heterocycles. The summed E-state index contributed by atoms with van der Waals surface area (Å²) >= 11 is 0.